The first-order valence-electron chi connectivity index (χ1n) is 8.23. The van der Waals surface area contributed by atoms with Crippen LogP contribution in [0.1, 0.15) is 19.7 Å². The lowest BCUT2D eigenvalue weighted by Gasteiger charge is -2.17. The molecule has 2 aromatic carbocycles. The van der Waals surface area contributed by atoms with Crippen molar-refractivity contribution in [1.82, 2.24) is 4.98 Å². The molecule has 130 valence electrons. The van der Waals surface area contributed by atoms with E-state index in [2.05, 4.69) is 15.6 Å². The summed E-state index contributed by atoms with van der Waals surface area (Å²) in [6.45, 7) is 6.05. The molecule has 1 heterocycles. The average molecular weight is 339 g/mol. The Bertz CT molecular complexity index is 889. The van der Waals surface area contributed by atoms with Crippen molar-refractivity contribution in [3.8, 4) is 5.75 Å². The monoisotopic (exact) mass is 339 g/mol. The lowest BCUT2D eigenvalue weighted by molar-refractivity contribution is -0.116. The maximum atomic E-state index is 12.5. The van der Waals surface area contributed by atoms with Gasteiger partial charge in [0, 0.05) is 12.6 Å². The highest BCUT2D eigenvalue weighted by molar-refractivity contribution is 5.97. The molecule has 6 heteroatoms. The quantitative estimate of drug-likeness (QED) is 0.710. The highest BCUT2D eigenvalue weighted by Gasteiger charge is 2.15. The van der Waals surface area contributed by atoms with E-state index >= 15 is 0 Å². The number of aryl methyl sites for hydroxylation is 1. The summed E-state index contributed by atoms with van der Waals surface area (Å²) < 4.78 is 11.0. The van der Waals surface area contributed by atoms with Crippen molar-refractivity contribution in [2.45, 2.75) is 26.8 Å². The Kier molecular flexibility index (Phi) is 4.88. The number of para-hydroxylation sites is 2. The third-order valence-electron chi connectivity index (χ3n) is 3.72. The molecular weight excluding hydrogens is 318 g/mol. The average Bonchev–Trinajstić information content (AvgIpc) is 2.96. The Hall–Kier alpha value is -3.02. The number of oxazole rings is 1. The lowest BCUT2D eigenvalue weighted by Crippen LogP contribution is -2.32. The normalized spacial score (nSPS) is 12.0. The molecular formula is C19H21N3O3. The number of ether oxygens (including phenoxy) is 1. The Balaban J connectivity index is 1.69. The molecule has 3 aromatic rings. The molecule has 0 aliphatic rings. The summed E-state index contributed by atoms with van der Waals surface area (Å²) in [5.74, 6) is 1.12. The molecule has 6 nitrogen and oxygen atoms in total. The fraction of sp³-hybridized carbons (Fsp3) is 0.263. The van der Waals surface area contributed by atoms with Crippen LogP contribution in [0.3, 0.4) is 0 Å². The van der Waals surface area contributed by atoms with E-state index in [4.69, 9.17) is 9.15 Å². The number of nitrogens with one attached hydrogen (secondary N) is 2. The van der Waals surface area contributed by atoms with Crippen LogP contribution in [0.5, 0.6) is 5.75 Å². The van der Waals surface area contributed by atoms with Crippen LogP contribution in [0, 0.1) is 6.92 Å². The molecule has 1 amide bonds. The smallest absolute Gasteiger partial charge is 0.246 e. The van der Waals surface area contributed by atoms with Gasteiger partial charge in [-0.05, 0) is 44.2 Å². The van der Waals surface area contributed by atoms with E-state index in [0.717, 1.165) is 16.8 Å². The number of fused-ring (bicyclic) bond motifs is 1. The van der Waals surface area contributed by atoms with Gasteiger partial charge in [0.15, 0.2) is 11.5 Å². The summed E-state index contributed by atoms with van der Waals surface area (Å²) >= 11 is 0. The molecule has 1 atom stereocenters. The van der Waals surface area contributed by atoms with Crippen LogP contribution in [-0.2, 0) is 4.79 Å². The Labute approximate surface area is 146 Å². The van der Waals surface area contributed by atoms with E-state index < -0.39 is 6.04 Å². The standard InChI is InChI=1S/C19H21N3O3/c1-4-24-17-8-6-5-7-15(17)22-19(23)12(2)20-14-9-10-18-16(11-14)21-13(3)25-18/h5-12,20H,4H2,1-3H3,(H,22,23). The van der Waals surface area contributed by atoms with Crippen molar-refractivity contribution in [2.24, 2.45) is 0 Å². The van der Waals surface area contributed by atoms with Crippen LogP contribution in [-0.4, -0.2) is 23.5 Å². The van der Waals surface area contributed by atoms with Crippen LogP contribution in [0.2, 0.25) is 0 Å². The molecule has 0 aliphatic heterocycles. The van der Waals surface area contributed by atoms with Gasteiger partial charge in [0.1, 0.15) is 17.3 Å². The van der Waals surface area contributed by atoms with Gasteiger partial charge in [-0.25, -0.2) is 4.98 Å². The predicted molar refractivity (Wildman–Crippen MR) is 98.1 cm³/mol. The van der Waals surface area contributed by atoms with Gasteiger partial charge in [0.25, 0.3) is 0 Å². The Morgan fingerprint density at radius 3 is 2.88 bits per heavy atom. The van der Waals surface area contributed by atoms with E-state index in [1.54, 1.807) is 13.8 Å². The van der Waals surface area contributed by atoms with Gasteiger partial charge in [0.05, 0.1) is 12.3 Å². The number of carbonyl (C=O) groups excluding carboxylic acids is 1. The second kappa shape index (κ2) is 7.25. The summed E-state index contributed by atoms with van der Waals surface area (Å²) in [7, 11) is 0. The second-order valence-electron chi connectivity index (χ2n) is 5.70. The van der Waals surface area contributed by atoms with Crippen molar-refractivity contribution >= 4 is 28.4 Å². The van der Waals surface area contributed by atoms with E-state index in [-0.39, 0.29) is 5.91 Å². The Morgan fingerprint density at radius 1 is 1.28 bits per heavy atom. The first kappa shape index (κ1) is 16.8. The lowest BCUT2D eigenvalue weighted by atomic mass is 10.2. The number of rotatable bonds is 6. The first-order valence-corrected chi connectivity index (χ1v) is 8.23. The number of anilines is 2. The zero-order valence-electron chi connectivity index (χ0n) is 14.5. The number of hydrogen-bond acceptors (Lipinski definition) is 5. The molecule has 1 unspecified atom stereocenters. The topological polar surface area (TPSA) is 76.4 Å². The van der Waals surface area contributed by atoms with Crippen LogP contribution in [0.25, 0.3) is 11.1 Å². The minimum Gasteiger partial charge on any atom is -0.492 e. The van der Waals surface area contributed by atoms with Gasteiger partial charge in [0.2, 0.25) is 5.91 Å². The van der Waals surface area contributed by atoms with E-state index in [1.807, 2.05) is 49.4 Å². The van der Waals surface area contributed by atoms with Crippen LogP contribution in [0.15, 0.2) is 46.9 Å². The highest BCUT2D eigenvalue weighted by Crippen LogP contribution is 2.24. The minimum absolute atomic E-state index is 0.149. The van der Waals surface area contributed by atoms with Gasteiger partial charge in [-0.2, -0.15) is 0 Å². The molecule has 0 saturated heterocycles. The fourth-order valence-corrected chi connectivity index (χ4v) is 2.54. The highest BCUT2D eigenvalue weighted by atomic mass is 16.5. The van der Waals surface area contributed by atoms with E-state index in [1.165, 1.54) is 0 Å². The SMILES string of the molecule is CCOc1ccccc1NC(=O)C(C)Nc1ccc2oc(C)nc2c1. The largest absolute Gasteiger partial charge is 0.492 e. The van der Waals surface area contributed by atoms with Gasteiger partial charge in [-0.3, -0.25) is 4.79 Å². The van der Waals surface area contributed by atoms with Gasteiger partial charge in [-0.15, -0.1) is 0 Å². The molecule has 1 aromatic heterocycles. The molecule has 0 fully saturated rings. The molecule has 0 aliphatic carbocycles. The van der Waals surface area contributed by atoms with Crippen molar-refractivity contribution in [1.29, 1.82) is 0 Å². The minimum atomic E-state index is -0.430. The van der Waals surface area contributed by atoms with Crippen LogP contribution >= 0.6 is 0 Å². The molecule has 0 spiro atoms. The summed E-state index contributed by atoms with van der Waals surface area (Å²) in [5.41, 5.74) is 2.95. The van der Waals surface area contributed by atoms with Crippen molar-refractivity contribution < 1.29 is 13.9 Å². The number of carbonyl (C=O) groups is 1. The maximum absolute atomic E-state index is 12.5. The zero-order chi connectivity index (χ0) is 17.8. The van der Waals surface area contributed by atoms with E-state index in [0.29, 0.717) is 23.9 Å². The molecule has 3 rings (SSSR count). The molecule has 0 saturated carbocycles. The number of amides is 1. The third-order valence-corrected chi connectivity index (χ3v) is 3.72. The summed E-state index contributed by atoms with van der Waals surface area (Å²) in [6, 6.07) is 12.5. The third kappa shape index (κ3) is 3.91. The van der Waals surface area contributed by atoms with E-state index in [9.17, 15) is 4.79 Å². The van der Waals surface area contributed by atoms with Crippen LogP contribution < -0.4 is 15.4 Å². The number of hydrogen-bond donors (Lipinski definition) is 2. The number of benzene rings is 2. The molecule has 25 heavy (non-hydrogen) atoms. The predicted octanol–water partition coefficient (Wildman–Crippen LogP) is 3.97. The van der Waals surface area contributed by atoms with Crippen molar-refractivity contribution in [3.63, 3.8) is 0 Å². The summed E-state index contributed by atoms with van der Waals surface area (Å²) in [6.07, 6.45) is 0. The molecule has 0 radical (unpaired) electrons. The maximum Gasteiger partial charge on any atom is 0.246 e. The zero-order valence-corrected chi connectivity index (χ0v) is 14.5. The second-order valence-corrected chi connectivity index (χ2v) is 5.70. The van der Waals surface area contributed by atoms with Gasteiger partial charge >= 0.3 is 0 Å². The molecule has 0 bridgehead atoms. The summed E-state index contributed by atoms with van der Waals surface area (Å²) in [5, 5.41) is 6.08. The van der Waals surface area contributed by atoms with Crippen molar-refractivity contribution in [3.05, 3.63) is 48.4 Å². The van der Waals surface area contributed by atoms with Gasteiger partial charge < -0.3 is 19.8 Å². The summed E-state index contributed by atoms with van der Waals surface area (Å²) in [4.78, 5) is 16.8. The number of aromatic nitrogens is 1. The first-order chi connectivity index (χ1) is 12.1. The Morgan fingerprint density at radius 2 is 2.08 bits per heavy atom. The number of nitrogens with zero attached hydrogens (tertiary/aromatic N) is 1. The fourth-order valence-electron chi connectivity index (χ4n) is 2.54. The molecule has 2 N–H and O–H groups in total. The van der Waals surface area contributed by atoms with Gasteiger partial charge in [-0.1, -0.05) is 12.1 Å². The van der Waals surface area contributed by atoms with Crippen LogP contribution in [0.4, 0.5) is 11.4 Å². The van der Waals surface area contributed by atoms with Crippen molar-refractivity contribution in [2.75, 3.05) is 17.2 Å².